The van der Waals surface area contributed by atoms with Crippen LogP contribution in [0, 0.1) is 5.92 Å². The fourth-order valence-corrected chi connectivity index (χ4v) is 2.43. The van der Waals surface area contributed by atoms with Crippen molar-refractivity contribution in [2.24, 2.45) is 11.7 Å². The number of amides is 1. The molecule has 1 heterocycles. The van der Waals surface area contributed by atoms with E-state index < -0.39 is 5.97 Å². The van der Waals surface area contributed by atoms with Gasteiger partial charge in [0.2, 0.25) is 5.91 Å². The van der Waals surface area contributed by atoms with Crippen molar-refractivity contribution < 1.29 is 14.7 Å². The van der Waals surface area contributed by atoms with Crippen LogP contribution in [-0.4, -0.2) is 30.1 Å². The van der Waals surface area contributed by atoms with Gasteiger partial charge in [-0.1, -0.05) is 6.92 Å². The molecule has 5 nitrogen and oxygen atoms in total. The second-order valence-electron chi connectivity index (χ2n) is 4.73. The first kappa shape index (κ1) is 13.5. The van der Waals surface area contributed by atoms with Crippen LogP contribution >= 0.6 is 0 Å². The van der Waals surface area contributed by atoms with E-state index in [1.807, 2.05) is 6.92 Å². The number of hydrogen-bond acceptors (Lipinski definition) is 3. The third kappa shape index (κ3) is 2.46. The maximum absolute atomic E-state index is 12.3. The van der Waals surface area contributed by atoms with Gasteiger partial charge in [-0.15, -0.1) is 0 Å². The minimum absolute atomic E-state index is 0.0341. The lowest BCUT2D eigenvalue weighted by atomic mass is 10.0. The predicted molar refractivity (Wildman–Crippen MR) is 72.3 cm³/mol. The Bertz CT molecular complexity index is 509. The Hall–Kier alpha value is -1.88. The van der Waals surface area contributed by atoms with Crippen molar-refractivity contribution in [1.29, 1.82) is 0 Å². The van der Waals surface area contributed by atoms with Crippen LogP contribution in [0.25, 0.3) is 0 Å². The first-order valence-corrected chi connectivity index (χ1v) is 6.46. The van der Waals surface area contributed by atoms with E-state index in [0.717, 1.165) is 11.3 Å². The number of fused-ring (bicyclic) bond motifs is 1. The van der Waals surface area contributed by atoms with Crippen LogP contribution in [0.5, 0.6) is 0 Å². The molecule has 102 valence electrons. The highest BCUT2D eigenvalue weighted by Crippen LogP contribution is 2.30. The Morgan fingerprint density at radius 2 is 2.21 bits per heavy atom. The summed E-state index contributed by atoms with van der Waals surface area (Å²) in [6, 6.07) is 4.90. The number of carbonyl (C=O) groups is 2. The van der Waals surface area contributed by atoms with Crippen molar-refractivity contribution in [2.45, 2.75) is 19.8 Å². The minimum Gasteiger partial charge on any atom is -0.478 e. The lowest BCUT2D eigenvalue weighted by Crippen LogP contribution is -2.37. The van der Waals surface area contributed by atoms with Crippen molar-refractivity contribution in [3.63, 3.8) is 0 Å². The van der Waals surface area contributed by atoms with Crippen LogP contribution in [0.15, 0.2) is 18.2 Å². The van der Waals surface area contributed by atoms with E-state index in [9.17, 15) is 9.59 Å². The Kier molecular flexibility index (Phi) is 3.85. The first-order chi connectivity index (χ1) is 9.08. The monoisotopic (exact) mass is 262 g/mol. The van der Waals surface area contributed by atoms with Gasteiger partial charge in [0, 0.05) is 18.8 Å². The zero-order valence-corrected chi connectivity index (χ0v) is 10.9. The van der Waals surface area contributed by atoms with Crippen LogP contribution in [0.3, 0.4) is 0 Å². The molecule has 0 fully saturated rings. The Morgan fingerprint density at radius 1 is 1.47 bits per heavy atom. The zero-order valence-electron chi connectivity index (χ0n) is 10.9. The molecule has 0 aliphatic carbocycles. The average Bonchev–Trinajstić information content (AvgIpc) is 2.82. The highest BCUT2D eigenvalue weighted by atomic mass is 16.4. The summed E-state index contributed by atoms with van der Waals surface area (Å²) in [6.45, 7) is 2.89. The molecule has 0 saturated carbocycles. The van der Waals surface area contributed by atoms with Gasteiger partial charge in [-0.3, -0.25) is 4.79 Å². The molecule has 1 aliphatic heterocycles. The molecule has 3 N–H and O–H groups in total. The van der Waals surface area contributed by atoms with Gasteiger partial charge in [-0.05, 0) is 36.6 Å². The molecule has 0 radical (unpaired) electrons. The van der Waals surface area contributed by atoms with Gasteiger partial charge in [-0.2, -0.15) is 0 Å². The lowest BCUT2D eigenvalue weighted by molar-refractivity contribution is -0.122. The molecule has 0 saturated heterocycles. The highest BCUT2D eigenvalue weighted by molar-refractivity contribution is 5.98. The fraction of sp³-hybridized carbons (Fsp3) is 0.429. The van der Waals surface area contributed by atoms with Crippen molar-refractivity contribution >= 4 is 17.6 Å². The number of nitrogens with two attached hydrogens (primary N) is 1. The molecule has 0 bridgehead atoms. The summed E-state index contributed by atoms with van der Waals surface area (Å²) in [6.07, 6.45) is 1.41. The molecule has 1 amide bonds. The number of rotatable bonds is 4. The van der Waals surface area contributed by atoms with E-state index in [4.69, 9.17) is 10.8 Å². The molecule has 1 atom stereocenters. The second kappa shape index (κ2) is 5.40. The molecule has 1 unspecified atom stereocenters. The number of aromatic carboxylic acids is 1. The number of carbonyl (C=O) groups excluding carboxylic acids is 1. The van der Waals surface area contributed by atoms with Gasteiger partial charge in [-0.25, -0.2) is 4.79 Å². The smallest absolute Gasteiger partial charge is 0.335 e. The zero-order chi connectivity index (χ0) is 14.0. The number of carboxylic acid groups (broad SMARTS) is 1. The van der Waals surface area contributed by atoms with E-state index in [0.29, 0.717) is 25.9 Å². The molecule has 2 rings (SSSR count). The summed E-state index contributed by atoms with van der Waals surface area (Å²) in [4.78, 5) is 25.0. The number of benzene rings is 1. The largest absolute Gasteiger partial charge is 0.478 e. The maximum Gasteiger partial charge on any atom is 0.335 e. The first-order valence-electron chi connectivity index (χ1n) is 6.46. The molecular weight excluding hydrogens is 244 g/mol. The van der Waals surface area contributed by atoms with E-state index in [2.05, 4.69) is 0 Å². The number of hydrogen-bond donors (Lipinski definition) is 2. The van der Waals surface area contributed by atoms with E-state index in [1.165, 1.54) is 6.07 Å². The summed E-state index contributed by atoms with van der Waals surface area (Å²) >= 11 is 0. The van der Waals surface area contributed by atoms with Crippen LogP contribution in [0.2, 0.25) is 0 Å². The SMILES string of the molecule is CCC(CN)C(=O)N1CCc2cc(C(=O)O)ccc21. The van der Waals surface area contributed by atoms with Crippen LogP contribution in [0.1, 0.15) is 29.3 Å². The fourth-order valence-electron chi connectivity index (χ4n) is 2.43. The molecule has 19 heavy (non-hydrogen) atoms. The Labute approximate surface area is 112 Å². The van der Waals surface area contributed by atoms with Crippen LogP contribution < -0.4 is 10.6 Å². The summed E-state index contributed by atoms with van der Waals surface area (Å²) in [5, 5.41) is 8.96. The molecule has 1 aromatic carbocycles. The summed E-state index contributed by atoms with van der Waals surface area (Å²) in [5.74, 6) is -1.07. The van der Waals surface area contributed by atoms with Gasteiger partial charge in [0.25, 0.3) is 0 Å². The van der Waals surface area contributed by atoms with Gasteiger partial charge in [0.05, 0.1) is 11.5 Å². The van der Waals surface area contributed by atoms with Gasteiger partial charge >= 0.3 is 5.97 Å². The third-order valence-electron chi connectivity index (χ3n) is 3.61. The number of carboxylic acids is 1. The van der Waals surface area contributed by atoms with Crippen molar-refractivity contribution in [3.8, 4) is 0 Å². The van der Waals surface area contributed by atoms with E-state index >= 15 is 0 Å². The number of nitrogens with zero attached hydrogens (tertiary/aromatic N) is 1. The molecular formula is C14H18N2O3. The van der Waals surface area contributed by atoms with Crippen LogP contribution in [0.4, 0.5) is 5.69 Å². The maximum atomic E-state index is 12.3. The van der Waals surface area contributed by atoms with Gasteiger partial charge < -0.3 is 15.7 Å². The van der Waals surface area contributed by atoms with Gasteiger partial charge in [0.1, 0.15) is 0 Å². The minimum atomic E-state index is -0.944. The summed E-state index contributed by atoms with van der Waals surface area (Å²) in [7, 11) is 0. The predicted octanol–water partition coefficient (Wildman–Crippen LogP) is 1.26. The number of anilines is 1. The standard InChI is InChI=1S/C14H18N2O3/c1-2-9(8-15)13(17)16-6-5-10-7-11(14(18)19)3-4-12(10)16/h3-4,7,9H,2,5-6,8,15H2,1H3,(H,18,19). The lowest BCUT2D eigenvalue weighted by Gasteiger charge is -2.22. The van der Waals surface area contributed by atoms with Crippen molar-refractivity contribution in [2.75, 3.05) is 18.0 Å². The Balaban J connectivity index is 2.27. The normalized spacial score (nSPS) is 15.2. The topological polar surface area (TPSA) is 83.6 Å². The molecule has 1 aromatic rings. The quantitative estimate of drug-likeness (QED) is 0.855. The third-order valence-corrected chi connectivity index (χ3v) is 3.61. The highest BCUT2D eigenvalue weighted by Gasteiger charge is 2.29. The Morgan fingerprint density at radius 3 is 2.79 bits per heavy atom. The van der Waals surface area contributed by atoms with Crippen molar-refractivity contribution in [3.05, 3.63) is 29.3 Å². The second-order valence-corrected chi connectivity index (χ2v) is 4.73. The molecule has 0 aromatic heterocycles. The molecule has 1 aliphatic rings. The van der Waals surface area contributed by atoms with Crippen LogP contribution in [-0.2, 0) is 11.2 Å². The molecule has 5 heteroatoms. The summed E-state index contributed by atoms with van der Waals surface area (Å²) < 4.78 is 0. The van der Waals surface area contributed by atoms with Crippen molar-refractivity contribution in [1.82, 2.24) is 0 Å². The van der Waals surface area contributed by atoms with Gasteiger partial charge in [0.15, 0.2) is 0 Å². The molecule has 0 spiro atoms. The summed E-state index contributed by atoms with van der Waals surface area (Å²) in [5.41, 5.74) is 7.61. The average molecular weight is 262 g/mol. The van der Waals surface area contributed by atoms with E-state index in [1.54, 1.807) is 17.0 Å². The van der Waals surface area contributed by atoms with E-state index in [-0.39, 0.29) is 17.4 Å².